The topological polar surface area (TPSA) is 33.1 Å². The Morgan fingerprint density at radius 1 is 1.56 bits per heavy atom. The van der Waals surface area contributed by atoms with Crippen LogP contribution in [0.3, 0.4) is 0 Å². The van der Waals surface area contributed by atoms with Crippen LogP contribution in [0.5, 0.6) is 0 Å². The molecule has 2 heterocycles. The molecule has 1 aromatic heterocycles. The maximum absolute atomic E-state index is 4.46. The molecule has 0 aliphatic carbocycles. The highest BCUT2D eigenvalue weighted by molar-refractivity contribution is 5.27. The van der Waals surface area contributed by atoms with Gasteiger partial charge in [0.1, 0.15) is 0 Å². The van der Waals surface area contributed by atoms with Crippen molar-refractivity contribution in [1.82, 2.24) is 14.5 Å². The lowest BCUT2D eigenvalue weighted by molar-refractivity contribution is 0.245. The number of hydrogen-bond acceptors (Lipinski definition) is 3. The third-order valence-electron chi connectivity index (χ3n) is 3.43. The summed E-state index contributed by atoms with van der Waals surface area (Å²) in [5.41, 5.74) is 1.09. The fraction of sp³-hybridized carbons (Fsp3) is 0.750. The fourth-order valence-electron chi connectivity index (χ4n) is 2.63. The molecular formula is C12H22N4. The Labute approximate surface area is 97.7 Å². The summed E-state index contributed by atoms with van der Waals surface area (Å²) < 4.78 is 2.24. The molecule has 4 nitrogen and oxygen atoms in total. The average Bonchev–Trinajstić information content (AvgIpc) is 2.85. The standard InChI is InChI=1S/C12H22N4/c1-4-15-7-5-6-11(15)9-16-8-10(2)14-12(16)13-3/h8,11H,4-7,9H2,1-3H3,(H,13,14). The van der Waals surface area contributed by atoms with Gasteiger partial charge in [-0.3, -0.25) is 4.90 Å². The van der Waals surface area contributed by atoms with Gasteiger partial charge in [0.05, 0.1) is 5.69 Å². The quantitative estimate of drug-likeness (QED) is 0.842. The van der Waals surface area contributed by atoms with Crippen molar-refractivity contribution in [3.05, 3.63) is 11.9 Å². The molecule has 0 radical (unpaired) electrons. The first-order chi connectivity index (χ1) is 7.74. The van der Waals surface area contributed by atoms with Gasteiger partial charge < -0.3 is 9.88 Å². The van der Waals surface area contributed by atoms with E-state index in [0.717, 1.165) is 24.7 Å². The zero-order valence-electron chi connectivity index (χ0n) is 10.5. The summed E-state index contributed by atoms with van der Waals surface area (Å²) >= 11 is 0. The Kier molecular flexibility index (Phi) is 3.49. The summed E-state index contributed by atoms with van der Waals surface area (Å²) in [6.45, 7) is 7.77. The predicted octanol–water partition coefficient (Wildman–Crippen LogP) is 1.72. The van der Waals surface area contributed by atoms with Gasteiger partial charge in [0, 0.05) is 25.8 Å². The average molecular weight is 222 g/mol. The number of anilines is 1. The van der Waals surface area contributed by atoms with Crippen LogP contribution in [0.1, 0.15) is 25.5 Å². The first kappa shape index (κ1) is 11.5. The van der Waals surface area contributed by atoms with Crippen molar-refractivity contribution in [3.63, 3.8) is 0 Å². The van der Waals surface area contributed by atoms with Gasteiger partial charge in [0.15, 0.2) is 0 Å². The molecule has 4 heteroatoms. The number of hydrogen-bond donors (Lipinski definition) is 1. The number of nitrogens with one attached hydrogen (secondary N) is 1. The van der Waals surface area contributed by atoms with Gasteiger partial charge in [-0.1, -0.05) is 6.92 Å². The van der Waals surface area contributed by atoms with Gasteiger partial charge >= 0.3 is 0 Å². The highest BCUT2D eigenvalue weighted by Crippen LogP contribution is 2.20. The zero-order chi connectivity index (χ0) is 11.5. The van der Waals surface area contributed by atoms with Crippen molar-refractivity contribution >= 4 is 5.95 Å². The second-order valence-corrected chi connectivity index (χ2v) is 4.53. The third-order valence-corrected chi connectivity index (χ3v) is 3.43. The summed E-state index contributed by atoms with van der Waals surface area (Å²) in [5, 5.41) is 3.16. The molecule has 1 unspecified atom stereocenters. The molecule has 1 N–H and O–H groups in total. The normalized spacial score (nSPS) is 21.6. The summed E-state index contributed by atoms with van der Waals surface area (Å²) in [4.78, 5) is 7.02. The minimum Gasteiger partial charge on any atom is -0.359 e. The smallest absolute Gasteiger partial charge is 0.202 e. The predicted molar refractivity (Wildman–Crippen MR) is 66.8 cm³/mol. The number of likely N-dealkylation sites (N-methyl/N-ethyl adjacent to an activating group) is 1. The lowest BCUT2D eigenvalue weighted by atomic mass is 10.2. The Morgan fingerprint density at radius 3 is 3.06 bits per heavy atom. The molecule has 1 aromatic rings. The van der Waals surface area contributed by atoms with E-state index in [1.807, 2.05) is 14.0 Å². The lowest BCUT2D eigenvalue weighted by Gasteiger charge is -2.23. The number of aromatic nitrogens is 2. The second-order valence-electron chi connectivity index (χ2n) is 4.53. The van der Waals surface area contributed by atoms with Crippen LogP contribution in [0.4, 0.5) is 5.95 Å². The fourth-order valence-corrected chi connectivity index (χ4v) is 2.63. The highest BCUT2D eigenvalue weighted by atomic mass is 15.2. The van der Waals surface area contributed by atoms with Crippen LogP contribution in [0, 0.1) is 6.92 Å². The van der Waals surface area contributed by atoms with Gasteiger partial charge in [-0.15, -0.1) is 0 Å². The van der Waals surface area contributed by atoms with Gasteiger partial charge in [-0.2, -0.15) is 0 Å². The van der Waals surface area contributed by atoms with Gasteiger partial charge in [-0.05, 0) is 32.9 Å². The molecule has 1 aliphatic heterocycles. The zero-order valence-corrected chi connectivity index (χ0v) is 10.5. The second kappa shape index (κ2) is 4.87. The first-order valence-corrected chi connectivity index (χ1v) is 6.20. The molecule has 0 aromatic carbocycles. The Balaban J connectivity index is 2.07. The van der Waals surface area contributed by atoms with Crippen LogP contribution in [0.2, 0.25) is 0 Å². The maximum atomic E-state index is 4.46. The third kappa shape index (κ3) is 2.21. The number of likely N-dealkylation sites (tertiary alicyclic amines) is 1. The van der Waals surface area contributed by atoms with Crippen LogP contribution in [0.25, 0.3) is 0 Å². The van der Waals surface area contributed by atoms with Gasteiger partial charge in [-0.25, -0.2) is 4.98 Å². The first-order valence-electron chi connectivity index (χ1n) is 6.20. The van der Waals surface area contributed by atoms with Crippen LogP contribution >= 0.6 is 0 Å². The molecule has 0 amide bonds. The maximum Gasteiger partial charge on any atom is 0.202 e. The molecule has 0 saturated carbocycles. The lowest BCUT2D eigenvalue weighted by Crippen LogP contribution is -2.32. The SMILES string of the molecule is CCN1CCCC1Cn1cc(C)nc1NC. The van der Waals surface area contributed by atoms with E-state index in [1.54, 1.807) is 0 Å². The molecule has 2 rings (SSSR count). The minimum absolute atomic E-state index is 0.686. The molecule has 1 fully saturated rings. The van der Waals surface area contributed by atoms with E-state index in [2.05, 4.69) is 32.9 Å². The van der Waals surface area contributed by atoms with E-state index in [1.165, 1.54) is 19.4 Å². The molecule has 16 heavy (non-hydrogen) atoms. The van der Waals surface area contributed by atoms with E-state index in [0.29, 0.717) is 6.04 Å². The van der Waals surface area contributed by atoms with E-state index in [9.17, 15) is 0 Å². The molecule has 0 spiro atoms. The molecule has 1 saturated heterocycles. The Hall–Kier alpha value is -1.03. The molecule has 1 atom stereocenters. The number of aryl methyl sites for hydroxylation is 1. The van der Waals surface area contributed by atoms with Crippen molar-refractivity contribution in [2.24, 2.45) is 0 Å². The van der Waals surface area contributed by atoms with Crippen LogP contribution in [-0.4, -0.2) is 40.6 Å². The van der Waals surface area contributed by atoms with Gasteiger partial charge in [0.25, 0.3) is 0 Å². The molecular weight excluding hydrogens is 200 g/mol. The van der Waals surface area contributed by atoms with E-state index >= 15 is 0 Å². The summed E-state index contributed by atoms with van der Waals surface area (Å²) in [5.74, 6) is 0.987. The van der Waals surface area contributed by atoms with Crippen LogP contribution in [-0.2, 0) is 6.54 Å². The van der Waals surface area contributed by atoms with E-state index in [4.69, 9.17) is 0 Å². The largest absolute Gasteiger partial charge is 0.359 e. The van der Waals surface area contributed by atoms with Gasteiger partial charge in [0.2, 0.25) is 5.95 Å². The van der Waals surface area contributed by atoms with Crippen molar-refractivity contribution in [1.29, 1.82) is 0 Å². The molecule has 90 valence electrons. The monoisotopic (exact) mass is 222 g/mol. The minimum atomic E-state index is 0.686. The highest BCUT2D eigenvalue weighted by Gasteiger charge is 2.23. The van der Waals surface area contributed by atoms with E-state index < -0.39 is 0 Å². The van der Waals surface area contributed by atoms with Crippen LogP contribution < -0.4 is 5.32 Å². The van der Waals surface area contributed by atoms with Crippen molar-refractivity contribution in [3.8, 4) is 0 Å². The van der Waals surface area contributed by atoms with Crippen molar-refractivity contribution < 1.29 is 0 Å². The summed E-state index contributed by atoms with van der Waals surface area (Å²) in [6, 6.07) is 0.686. The molecule has 1 aliphatic rings. The Morgan fingerprint density at radius 2 is 2.38 bits per heavy atom. The molecule has 0 bridgehead atoms. The number of imidazole rings is 1. The summed E-state index contributed by atoms with van der Waals surface area (Å²) in [6.07, 6.45) is 4.79. The van der Waals surface area contributed by atoms with Crippen LogP contribution in [0.15, 0.2) is 6.20 Å². The Bertz CT molecular complexity index is 345. The van der Waals surface area contributed by atoms with E-state index in [-0.39, 0.29) is 0 Å². The number of nitrogens with zero attached hydrogens (tertiary/aromatic N) is 3. The van der Waals surface area contributed by atoms with Crippen molar-refractivity contribution in [2.75, 3.05) is 25.5 Å². The summed E-state index contributed by atoms with van der Waals surface area (Å²) in [7, 11) is 1.94. The van der Waals surface area contributed by atoms with Crippen molar-refractivity contribution in [2.45, 2.75) is 39.3 Å². The number of rotatable bonds is 4.